The third-order valence-corrected chi connectivity index (χ3v) is 4.34. The first-order valence-corrected chi connectivity index (χ1v) is 7.97. The van der Waals surface area contributed by atoms with Gasteiger partial charge in [0.25, 0.3) is 0 Å². The fourth-order valence-corrected chi connectivity index (χ4v) is 3.10. The molecule has 0 saturated heterocycles. The molecular weight excluding hydrogens is 262 g/mol. The minimum absolute atomic E-state index is 0.366. The summed E-state index contributed by atoms with van der Waals surface area (Å²) in [5, 5.41) is 12.5. The predicted octanol–water partition coefficient (Wildman–Crippen LogP) is 3.70. The van der Waals surface area contributed by atoms with Crippen LogP contribution in [0.4, 0.5) is 5.82 Å². The Kier molecular flexibility index (Phi) is 3.99. The van der Waals surface area contributed by atoms with Crippen molar-refractivity contribution in [3.63, 3.8) is 0 Å². The number of anilines is 1. The molecule has 0 radical (unpaired) electrons. The van der Waals surface area contributed by atoms with E-state index >= 15 is 0 Å². The zero-order valence-corrected chi connectivity index (χ0v) is 13.2. The van der Waals surface area contributed by atoms with Crippen molar-refractivity contribution < 1.29 is 0 Å². The van der Waals surface area contributed by atoms with Gasteiger partial charge in [0.05, 0.1) is 17.9 Å². The Bertz CT molecular complexity index is 590. The van der Waals surface area contributed by atoms with Crippen molar-refractivity contribution >= 4 is 5.82 Å². The summed E-state index contributed by atoms with van der Waals surface area (Å²) in [5.41, 5.74) is 2.41. The van der Waals surface area contributed by atoms with Crippen molar-refractivity contribution in [3.05, 3.63) is 29.7 Å². The van der Waals surface area contributed by atoms with Crippen molar-refractivity contribution in [2.75, 3.05) is 5.32 Å². The monoisotopic (exact) mass is 287 g/mol. The van der Waals surface area contributed by atoms with Gasteiger partial charge < -0.3 is 5.32 Å². The summed E-state index contributed by atoms with van der Waals surface area (Å²) in [6, 6.07) is 3.00. The van der Waals surface area contributed by atoms with Crippen LogP contribution < -0.4 is 5.32 Å². The summed E-state index contributed by atoms with van der Waals surface area (Å²) in [5.74, 6) is 1.07. The lowest BCUT2D eigenvalue weighted by atomic mass is 10.2. The average molecular weight is 287 g/mol. The van der Waals surface area contributed by atoms with Crippen molar-refractivity contribution in [2.24, 2.45) is 0 Å². The quantitative estimate of drug-likeness (QED) is 0.912. The van der Waals surface area contributed by atoms with E-state index in [-0.39, 0.29) is 0 Å². The van der Waals surface area contributed by atoms with Gasteiger partial charge in [0.15, 0.2) is 0 Å². The lowest BCUT2D eigenvalue weighted by Crippen LogP contribution is -2.10. The molecule has 1 fully saturated rings. The molecule has 0 aromatic carbocycles. The SMILES string of the molecule is Cc1nn(C2CCCC2)cc1CNc1ccnn1C(C)C. The zero-order chi connectivity index (χ0) is 14.8. The highest BCUT2D eigenvalue weighted by Gasteiger charge is 2.18. The molecule has 0 spiro atoms. The molecule has 2 aromatic rings. The van der Waals surface area contributed by atoms with Crippen molar-refractivity contribution in [1.82, 2.24) is 19.6 Å². The average Bonchev–Trinajstić information content (AvgIpc) is 3.17. The Balaban J connectivity index is 1.69. The van der Waals surface area contributed by atoms with E-state index in [1.54, 1.807) is 0 Å². The smallest absolute Gasteiger partial charge is 0.124 e. The molecule has 5 heteroatoms. The van der Waals surface area contributed by atoms with Crippen LogP contribution in [0.3, 0.4) is 0 Å². The largest absolute Gasteiger partial charge is 0.366 e. The number of aromatic nitrogens is 4. The fraction of sp³-hybridized carbons (Fsp3) is 0.625. The van der Waals surface area contributed by atoms with E-state index in [1.165, 1.54) is 31.2 Å². The molecule has 2 heterocycles. The van der Waals surface area contributed by atoms with Crippen molar-refractivity contribution in [1.29, 1.82) is 0 Å². The van der Waals surface area contributed by atoms with E-state index in [4.69, 9.17) is 5.10 Å². The third kappa shape index (κ3) is 2.96. The van der Waals surface area contributed by atoms with Gasteiger partial charge in [-0.25, -0.2) is 4.68 Å². The van der Waals surface area contributed by atoms with Gasteiger partial charge in [-0.05, 0) is 33.6 Å². The summed E-state index contributed by atoms with van der Waals surface area (Å²) in [4.78, 5) is 0. The van der Waals surface area contributed by atoms with Gasteiger partial charge in [0.2, 0.25) is 0 Å². The molecular formula is C16H25N5. The summed E-state index contributed by atoms with van der Waals surface area (Å²) >= 11 is 0. The fourth-order valence-electron chi connectivity index (χ4n) is 3.10. The van der Waals surface area contributed by atoms with Crippen LogP contribution in [0.1, 0.15) is 62.9 Å². The molecule has 1 saturated carbocycles. The molecule has 0 amide bonds. The van der Waals surface area contributed by atoms with Crippen LogP contribution >= 0.6 is 0 Å². The molecule has 0 unspecified atom stereocenters. The number of nitrogens with zero attached hydrogens (tertiary/aromatic N) is 4. The van der Waals surface area contributed by atoms with E-state index in [2.05, 4.69) is 42.1 Å². The van der Waals surface area contributed by atoms with Crippen LogP contribution in [0, 0.1) is 6.92 Å². The lowest BCUT2D eigenvalue weighted by molar-refractivity contribution is 0.464. The first kappa shape index (κ1) is 14.2. The van der Waals surface area contributed by atoms with Gasteiger partial charge in [0.1, 0.15) is 5.82 Å². The summed E-state index contributed by atoms with van der Waals surface area (Å²) in [6.45, 7) is 7.18. The van der Waals surface area contributed by atoms with Gasteiger partial charge in [-0.1, -0.05) is 12.8 Å². The Morgan fingerprint density at radius 3 is 2.81 bits per heavy atom. The molecule has 0 aliphatic heterocycles. The van der Waals surface area contributed by atoms with E-state index in [9.17, 15) is 0 Å². The highest BCUT2D eigenvalue weighted by atomic mass is 15.3. The number of nitrogens with one attached hydrogen (secondary N) is 1. The second-order valence-corrected chi connectivity index (χ2v) is 6.27. The molecule has 0 atom stereocenters. The van der Waals surface area contributed by atoms with Gasteiger partial charge in [0, 0.05) is 30.4 Å². The number of rotatable bonds is 5. The first-order chi connectivity index (χ1) is 10.1. The Labute approximate surface area is 126 Å². The van der Waals surface area contributed by atoms with E-state index < -0.39 is 0 Å². The highest BCUT2D eigenvalue weighted by Crippen LogP contribution is 2.29. The molecule has 5 nitrogen and oxygen atoms in total. The molecule has 3 rings (SSSR count). The molecule has 1 aliphatic carbocycles. The minimum atomic E-state index is 0.366. The van der Waals surface area contributed by atoms with Crippen LogP contribution in [0.5, 0.6) is 0 Å². The zero-order valence-electron chi connectivity index (χ0n) is 13.2. The molecule has 21 heavy (non-hydrogen) atoms. The van der Waals surface area contributed by atoms with E-state index in [0.29, 0.717) is 12.1 Å². The third-order valence-electron chi connectivity index (χ3n) is 4.34. The Hall–Kier alpha value is -1.78. The minimum Gasteiger partial charge on any atom is -0.366 e. The van der Waals surface area contributed by atoms with Crippen LogP contribution in [-0.4, -0.2) is 19.6 Å². The van der Waals surface area contributed by atoms with Crippen LogP contribution in [-0.2, 0) is 6.54 Å². The van der Waals surface area contributed by atoms with Gasteiger partial charge in [-0.3, -0.25) is 4.68 Å². The van der Waals surface area contributed by atoms with E-state index in [0.717, 1.165) is 18.1 Å². The number of hydrogen-bond donors (Lipinski definition) is 1. The Morgan fingerprint density at radius 1 is 1.33 bits per heavy atom. The molecule has 114 valence electrons. The second-order valence-electron chi connectivity index (χ2n) is 6.27. The maximum atomic E-state index is 4.70. The van der Waals surface area contributed by atoms with Gasteiger partial charge in [-0.2, -0.15) is 10.2 Å². The lowest BCUT2D eigenvalue weighted by Gasteiger charge is -2.12. The summed E-state index contributed by atoms with van der Waals surface area (Å²) in [6.07, 6.45) is 9.28. The normalized spacial score (nSPS) is 16.0. The molecule has 1 aliphatic rings. The Morgan fingerprint density at radius 2 is 2.10 bits per heavy atom. The van der Waals surface area contributed by atoms with Crippen LogP contribution in [0.15, 0.2) is 18.5 Å². The standard InChI is InChI=1S/C16H25N5/c1-12(2)21-16(8-9-18-21)17-10-14-11-20(19-13(14)3)15-6-4-5-7-15/h8-9,11-12,15,17H,4-7,10H2,1-3H3. The topological polar surface area (TPSA) is 47.7 Å². The summed E-state index contributed by atoms with van der Waals surface area (Å²) < 4.78 is 4.19. The number of aryl methyl sites for hydroxylation is 1. The van der Waals surface area contributed by atoms with Crippen molar-refractivity contribution in [2.45, 2.75) is 65.1 Å². The highest BCUT2D eigenvalue weighted by molar-refractivity contribution is 5.36. The second kappa shape index (κ2) is 5.92. The van der Waals surface area contributed by atoms with Gasteiger partial charge >= 0.3 is 0 Å². The number of hydrogen-bond acceptors (Lipinski definition) is 3. The first-order valence-electron chi connectivity index (χ1n) is 7.97. The van der Waals surface area contributed by atoms with Crippen LogP contribution in [0.25, 0.3) is 0 Å². The molecule has 2 aromatic heterocycles. The molecule has 1 N–H and O–H groups in total. The maximum absolute atomic E-state index is 4.70. The van der Waals surface area contributed by atoms with Crippen LogP contribution in [0.2, 0.25) is 0 Å². The van der Waals surface area contributed by atoms with Gasteiger partial charge in [-0.15, -0.1) is 0 Å². The maximum Gasteiger partial charge on any atom is 0.124 e. The molecule has 0 bridgehead atoms. The summed E-state index contributed by atoms with van der Waals surface area (Å²) in [7, 11) is 0. The van der Waals surface area contributed by atoms with Crippen molar-refractivity contribution in [3.8, 4) is 0 Å². The van der Waals surface area contributed by atoms with E-state index in [1.807, 2.05) is 16.9 Å². The predicted molar refractivity (Wildman–Crippen MR) is 84.4 cm³/mol.